The molecule has 2 heterocycles. The lowest BCUT2D eigenvalue weighted by Gasteiger charge is -2.18. The molecule has 2 rings (SSSR count). The summed E-state index contributed by atoms with van der Waals surface area (Å²) in [5.41, 5.74) is 0. The molecule has 0 bridgehead atoms. The van der Waals surface area contributed by atoms with Crippen LogP contribution in [-0.4, -0.2) is 23.6 Å². The second kappa shape index (κ2) is 5.00. The molecule has 0 fully saturated rings. The van der Waals surface area contributed by atoms with Gasteiger partial charge < -0.3 is 4.90 Å². The highest BCUT2D eigenvalue weighted by molar-refractivity contribution is 7.18. The van der Waals surface area contributed by atoms with Gasteiger partial charge in [-0.1, -0.05) is 13.3 Å². The van der Waals surface area contributed by atoms with E-state index in [0.717, 1.165) is 23.0 Å². The Bertz CT molecular complexity index is 519. The quantitative estimate of drug-likeness (QED) is 0.830. The molecule has 0 aliphatic carbocycles. The number of aryl methyl sites for hydroxylation is 2. The average Bonchev–Trinajstić information content (AvgIpc) is 2.64. The fourth-order valence-corrected chi connectivity index (χ4v) is 2.84. The van der Waals surface area contributed by atoms with Crippen molar-refractivity contribution in [2.24, 2.45) is 0 Å². The minimum absolute atomic E-state index is 0.859. The first-order valence-electron chi connectivity index (χ1n) is 6.07. The lowest BCUT2D eigenvalue weighted by Crippen LogP contribution is -2.20. The second-order valence-corrected chi connectivity index (χ2v) is 5.68. The molecule has 0 atom stereocenters. The molecule has 4 heteroatoms. The van der Waals surface area contributed by atoms with Gasteiger partial charge in [0.15, 0.2) is 0 Å². The third-order valence-electron chi connectivity index (χ3n) is 2.82. The van der Waals surface area contributed by atoms with E-state index < -0.39 is 0 Å². The van der Waals surface area contributed by atoms with Crippen molar-refractivity contribution in [3.05, 3.63) is 16.8 Å². The van der Waals surface area contributed by atoms with E-state index in [1.165, 1.54) is 23.1 Å². The van der Waals surface area contributed by atoms with Crippen LogP contribution in [0.25, 0.3) is 10.2 Å². The Hall–Kier alpha value is -1.16. The highest BCUT2D eigenvalue weighted by Gasteiger charge is 2.12. The van der Waals surface area contributed by atoms with E-state index in [1.54, 1.807) is 11.3 Å². The molecule has 0 radical (unpaired) electrons. The molecule has 0 N–H and O–H groups in total. The Kier molecular flexibility index (Phi) is 3.62. The highest BCUT2D eigenvalue weighted by atomic mass is 32.1. The Morgan fingerprint density at radius 2 is 2.06 bits per heavy atom. The van der Waals surface area contributed by atoms with Crippen LogP contribution >= 0.6 is 11.3 Å². The third kappa shape index (κ3) is 2.57. The average molecular weight is 249 g/mol. The first-order chi connectivity index (χ1) is 8.11. The number of hydrogen-bond donors (Lipinski definition) is 0. The van der Waals surface area contributed by atoms with Gasteiger partial charge in [-0.15, -0.1) is 11.3 Å². The van der Waals surface area contributed by atoms with Gasteiger partial charge in [0.1, 0.15) is 16.5 Å². The molecule has 0 spiro atoms. The maximum atomic E-state index is 4.59. The van der Waals surface area contributed by atoms with Crippen LogP contribution in [0.15, 0.2) is 6.07 Å². The summed E-state index contributed by atoms with van der Waals surface area (Å²) < 4.78 is 0. The summed E-state index contributed by atoms with van der Waals surface area (Å²) in [6.07, 6.45) is 2.41. The predicted octanol–water partition coefficient (Wildman–Crippen LogP) is 3.54. The minimum atomic E-state index is 0.859. The molecule has 2 aromatic rings. The van der Waals surface area contributed by atoms with E-state index in [4.69, 9.17) is 0 Å². The topological polar surface area (TPSA) is 29.0 Å². The normalized spacial score (nSPS) is 11.1. The van der Waals surface area contributed by atoms with Crippen molar-refractivity contribution in [2.75, 3.05) is 18.5 Å². The Balaban J connectivity index is 2.43. The SMILES string of the molecule is CCCCN(C)c1nc(C)nc2sc(C)cc12. The van der Waals surface area contributed by atoms with Crippen molar-refractivity contribution in [1.82, 2.24) is 9.97 Å². The molecule has 92 valence electrons. The van der Waals surface area contributed by atoms with Gasteiger partial charge in [-0.25, -0.2) is 9.97 Å². The van der Waals surface area contributed by atoms with E-state index in [-0.39, 0.29) is 0 Å². The standard InChI is InChI=1S/C13H19N3S/c1-5-6-7-16(4)12-11-8-9(2)17-13(11)15-10(3)14-12/h8H,5-7H2,1-4H3. The molecule has 0 saturated heterocycles. The summed E-state index contributed by atoms with van der Waals surface area (Å²) >= 11 is 1.74. The maximum Gasteiger partial charge on any atom is 0.140 e. The summed E-state index contributed by atoms with van der Waals surface area (Å²) in [7, 11) is 2.11. The summed E-state index contributed by atoms with van der Waals surface area (Å²) in [5.74, 6) is 1.93. The van der Waals surface area contributed by atoms with Crippen LogP contribution in [0.1, 0.15) is 30.5 Å². The molecule has 0 unspecified atom stereocenters. The second-order valence-electron chi connectivity index (χ2n) is 4.45. The van der Waals surface area contributed by atoms with Crippen molar-refractivity contribution < 1.29 is 0 Å². The van der Waals surface area contributed by atoms with Crippen molar-refractivity contribution in [2.45, 2.75) is 33.6 Å². The van der Waals surface area contributed by atoms with Crippen LogP contribution in [0.4, 0.5) is 5.82 Å². The zero-order valence-electron chi connectivity index (χ0n) is 10.9. The summed E-state index contributed by atoms with van der Waals surface area (Å²) in [4.78, 5) is 13.7. The Labute approximate surface area is 107 Å². The van der Waals surface area contributed by atoms with Crippen LogP contribution in [0.5, 0.6) is 0 Å². The first kappa shape index (κ1) is 12.3. The van der Waals surface area contributed by atoms with Gasteiger partial charge in [-0.3, -0.25) is 0 Å². The van der Waals surface area contributed by atoms with E-state index in [2.05, 4.69) is 41.8 Å². The molecule has 2 aromatic heterocycles. The van der Waals surface area contributed by atoms with Crippen LogP contribution in [0.3, 0.4) is 0 Å². The van der Waals surface area contributed by atoms with Gasteiger partial charge in [-0.2, -0.15) is 0 Å². The lowest BCUT2D eigenvalue weighted by molar-refractivity contribution is 0.759. The van der Waals surface area contributed by atoms with E-state index in [1.807, 2.05) is 6.92 Å². The number of unbranched alkanes of at least 4 members (excludes halogenated alkanes) is 1. The van der Waals surface area contributed by atoms with Crippen LogP contribution in [0.2, 0.25) is 0 Å². The molecular weight excluding hydrogens is 230 g/mol. The van der Waals surface area contributed by atoms with E-state index >= 15 is 0 Å². The van der Waals surface area contributed by atoms with Gasteiger partial charge in [0.05, 0.1) is 5.39 Å². The van der Waals surface area contributed by atoms with Gasteiger partial charge >= 0.3 is 0 Å². The number of fused-ring (bicyclic) bond motifs is 1. The molecule has 3 nitrogen and oxygen atoms in total. The van der Waals surface area contributed by atoms with Gasteiger partial charge in [0.2, 0.25) is 0 Å². The largest absolute Gasteiger partial charge is 0.359 e. The van der Waals surface area contributed by atoms with E-state index in [0.29, 0.717) is 0 Å². The molecule has 0 aliphatic heterocycles. The fraction of sp³-hybridized carbons (Fsp3) is 0.538. The van der Waals surface area contributed by atoms with Crippen LogP contribution < -0.4 is 4.90 Å². The number of nitrogens with zero attached hydrogens (tertiary/aromatic N) is 3. The third-order valence-corrected chi connectivity index (χ3v) is 3.76. The molecule has 0 saturated carbocycles. The zero-order valence-corrected chi connectivity index (χ0v) is 11.8. The van der Waals surface area contributed by atoms with Gasteiger partial charge in [0, 0.05) is 18.5 Å². The zero-order chi connectivity index (χ0) is 12.4. The highest BCUT2D eigenvalue weighted by Crippen LogP contribution is 2.30. The molecule has 0 aliphatic rings. The van der Waals surface area contributed by atoms with Crippen molar-refractivity contribution in [1.29, 1.82) is 0 Å². The van der Waals surface area contributed by atoms with Crippen molar-refractivity contribution in [3.63, 3.8) is 0 Å². The monoisotopic (exact) mass is 249 g/mol. The van der Waals surface area contributed by atoms with Crippen molar-refractivity contribution >= 4 is 27.4 Å². The Morgan fingerprint density at radius 1 is 1.29 bits per heavy atom. The minimum Gasteiger partial charge on any atom is -0.359 e. The number of rotatable bonds is 4. The number of anilines is 1. The number of thiophene rings is 1. The van der Waals surface area contributed by atoms with Crippen LogP contribution in [-0.2, 0) is 0 Å². The molecular formula is C13H19N3S. The first-order valence-corrected chi connectivity index (χ1v) is 6.89. The van der Waals surface area contributed by atoms with Gasteiger partial charge in [0.25, 0.3) is 0 Å². The summed E-state index contributed by atoms with van der Waals surface area (Å²) in [6.45, 7) is 7.35. The molecule has 17 heavy (non-hydrogen) atoms. The van der Waals surface area contributed by atoms with E-state index in [9.17, 15) is 0 Å². The van der Waals surface area contributed by atoms with Crippen LogP contribution in [0, 0.1) is 13.8 Å². The number of hydrogen-bond acceptors (Lipinski definition) is 4. The smallest absolute Gasteiger partial charge is 0.140 e. The summed E-state index contributed by atoms with van der Waals surface area (Å²) in [6, 6.07) is 2.19. The maximum absolute atomic E-state index is 4.59. The number of aromatic nitrogens is 2. The predicted molar refractivity (Wildman–Crippen MR) is 75.1 cm³/mol. The fourth-order valence-electron chi connectivity index (χ4n) is 1.92. The Morgan fingerprint density at radius 3 is 2.76 bits per heavy atom. The summed E-state index contributed by atoms with van der Waals surface area (Å²) in [5, 5.41) is 1.19. The van der Waals surface area contributed by atoms with Gasteiger partial charge in [-0.05, 0) is 26.3 Å². The molecule has 0 amide bonds. The lowest BCUT2D eigenvalue weighted by atomic mass is 10.3. The van der Waals surface area contributed by atoms with Crippen molar-refractivity contribution in [3.8, 4) is 0 Å². The molecule has 0 aromatic carbocycles.